The minimum atomic E-state index is -0.481. The Labute approximate surface area is 112 Å². The maximum absolute atomic E-state index is 11.3. The number of rotatable bonds is 4. The van der Waals surface area contributed by atoms with E-state index in [9.17, 15) is 4.79 Å². The summed E-state index contributed by atoms with van der Waals surface area (Å²) < 4.78 is 4.60. The molecule has 1 aromatic carbocycles. The monoisotopic (exact) mass is 259 g/mol. The van der Waals surface area contributed by atoms with Gasteiger partial charge in [-0.15, -0.1) is 0 Å². The van der Waals surface area contributed by atoms with Crippen molar-refractivity contribution >= 4 is 11.8 Å². The zero-order valence-corrected chi connectivity index (χ0v) is 11.1. The van der Waals surface area contributed by atoms with E-state index in [4.69, 9.17) is 0 Å². The highest BCUT2D eigenvalue weighted by Crippen LogP contribution is 2.19. The van der Waals surface area contributed by atoms with Gasteiger partial charge in [0.05, 0.1) is 24.2 Å². The first-order chi connectivity index (χ1) is 9.20. The normalized spacial score (nSPS) is 10.2. The number of carbonyl (C=O) groups excluding carboxylic acids is 1. The lowest BCUT2D eigenvalue weighted by Crippen LogP contribution is -2.12. The predicted octanol–water partition coefficient (Wildman–Crippen LogP) is 2.68. The summed E-state index contributed by atoms with van der Waals surface area (Å²) >= 11 is 0. The first kappa shape index (κ1) is 13.1. The molecule has 5 heteroatoms. The van der Waals surface area contributed by atoms with Crippen LogP contribution >= 0.6 is 0 Å². The van der Waals surface area contributed by atoms with Crippen molar-refractivity contribution < 1.29 is 9.53 Å². The van der Waals surface area contributed by atoms with Crippen LogP contribution in [0.5, 0.6) is 0 Å². The van der Waals surface area contributed by atoms with Gasteiger partial charge in [0, 0.05) is 0 Å². The SMILES string of the molecule is COC(=O)Nc1c(CCc2ccccc2)n[nH]c1C. The maximum atomic E-state index is 11.3. The van der Waals surface area contributed by atoms with Gasteiger partial charge < -0.3 is 4.74 Å². The lowest BCUT2D eigenvalue weighted by atomic mass is 10.1. The van der Waals surface area contributed by atoms with Crippen molar-refractivity contribution in [3.63, 3.8) is 0 Å². The number of methoxy groups -OCH3 is 1. The molecule has 0 aliphatic carbocycles. The van der Waals surface area contributed by atoms with Crippen LogP contribution in [-0.4, -0.2) is 23.4 Å². The number of aromatic nitrogens is 2. The molecular weight excluding hydrogens is 242 g/mol. The van der Waals surface area contributed by atoms with Gasteiger partial charge in [-0.05, 0) is 25.3 Å². The molecule has 0 spiro atoms. The third-order valence-corrected chi connectivity index (χ3v) is 2.93. The van der Waals surface area contributed by atoms with Crippen LogP contribution in [0.25, 0.3) is 0 Å². The highest BCUT2D eigenvalue weighted by molar-refractivity contribution is 5.86. The number of amides is 1. The fraction of sp³-hybridized carbons (Fsp3) is 0.286. The van der Waals surface area contributed by atoms with E-state index in [0.717, 1.165) is 24.2 Å². The molecule has 0 saturated carbocycles. The molecule has 0 aliphatic rings. The smallest absolute Gasteiger partial charge is 0.411 e. The summed E-state index contributed by atoms with van der Waals surface area (Å²) in [4.78, 5) is 11.3. The van der Waals surface area contributed by atoms with Gasteiger partial charge in [-0.25, -0.2) is 4.79 Å². The topological polar surface area (TPSA) is 67.0 Å². The minimum Gasteiger partial charge on any atom is -0.453 e. The summed E-state index contributed by atoms with van der Waals surface area (Å²) in [5.41, 5.74) is 3.62. The van der Waals surface area contributed by atoms with Gasteiger partial charge in [0.15, 0.2) is 0 Å². The zero-order chi connectivity index (χ0) is 13.7. The summed E-state index contributed by atoms with van der Waals surface area (Å²) in [6.45, 7) is 1.87. The first-order valence-electron chi connectivity index (χ1n) is 6.13. The summed E-state index contributed by atoms with van der Waals surface area (Å²) in [5, 5.41) is 9.80. The number of hydrogen-bond acceptors (Lipinski definition) is 3. The predicted molar refractivity (Wildman–Crippen MR) is 73.2 cm³/mol. The lowest BCUT2D eigenvalue weighted by molar-refractivity contribution is 0.187. The molecule has 0 fully saturated rings. The van der Waals surface area contributed by atoms with E-state index in [1.165, 1.54) is 12.7 Å². The number of nitrogens with one attached hydrogen (secondary N) is 2. The Kier molecular flexibility index (Phi) is 4.18. The Bertz CT molecular complexity index is 549. The highest BCUT2D eigenvalue weighted by atomic mass is 16.5. The standard InChI is InChI=1S/C14H17N3O2/c1-10-13(15-14(18)19-2)12(17-16-10)9-8-11-6-4-3-5-7-11/h3-7H,8-9H2,1-2H3,(H,15,18)(H,16,17). The van der Waals surface area contributed by atoms with E-state index in [-0.39, 0.29) is 0 Å². The van der Waals surface area contributed by atoms with Crippen molar-refractivity contribution in [2.45, 2.75) is 19.8 Å². The fourth-order valence-electron chi connectivity index (χ4n) is 1.89. The molecule has 0 saturated heterocycles. The van der Waals surface area contributed by atoms with Crippen LogP contribution in [0.15, 0.2) is 30.3 Å². The van der Waals surface area contributed by atoms with Crippen LogP contribution in [0.4, 0.5) is 10.5 Å². The second-order valence-corrected chi connectivity index (χ2v) is 4.27. The average molecular weight is 259 g/mol. The third-order valence-electron chi connectivity index (χ3n) is 2.93. The second kappa shape index (κ2) is 6.04. The molecule has 100 valence electrons. The fourth-order valence-corrected chi connectivity index (χ4v) is 1.89. The minimum absolute atomic E-state index is 0.481. The molecule has 1 heterocycles. The Morgan fingerprint density at radius 3 is 2.74 bits per heavy atom. The summed E-state index contributed by atoms with van der Waals surface area (Å²) in [5.74, 6) is 0. The van der Waals surface area contributed by atoms with E-state index < -0.39 is 6.09 Å². The molecule has 1 amide bonds. The van der Waals surface area contributed by atoms with Crippen molar-refractivity contribution in [2.75, 3.05) is 12.4 Å². The van der Waals surface area contributed by atoms with Crippen molar-refractivity contribution in [1.82, 2.24) is 10.2 Å². The summed E-state index contributed by atoms with van der Waals surface area (Å²) in [7, 11) is 1.34. The van der Waals surface area contributed by atoms with Gasteiger partial charge in [-0.2, -0.15) is 5.10 Å². The Balaban J connectivity index is 2.06. The Hall–Kier alpha value is -2.30. The molecule has 0 bridgehead atoms. The molecular formula is C14H17N3O2. The largest absolute Gasteiger partial charge is 0.453 e. The number of aromatic amines is 1. The average Bonchev–Trinajstić information content (AvgIpc) is 2.78. The van der Waals surface area contributed by atoms with E-state index in [1.54, 1.807) is 0 Å². The lowest BCUT2D eigenvalue weighted by Gasteiger charge is -2.05. The van der Waals surface area contributed by atoms with Gasteiger partial charge in [0.25, 0.3) is 0 Å². The molecule has 5 nitrogen and oxygen atoms in total. The van der Waals surface area contributed by atoms with Crippen molar-refractivity contribution in [3.05, 3.63) is 47.3 Å². The van der Waals surface area contributed by atoms with Crippen LogP contribution in [0.1, 0.15) is 17.0 Å². The number of H-pyrrole nitrogens is 1. The van der Waals surface area contributed by atoms with Gasteiger partial charge in [-0.3, -0.25) is 10.4 Å². The van der Waals surface area contributed by atoms with Crippen LogP contribution in [0, 0.1) is 6.92 Å². The number of nitrogens with zero attached hydrogens (tertiary/aromatic N) is 1. The van der Waals surface area contributed by atoms with Crippen molar-refractivity contribution in [2.24, 2.45) is 0 Å². The van der Waals surface area contributed by atoms with Crippen molar-refractivity contribution in [3.8, 4) is 0 Å². The maximum Gasteiger partial charge on any atom is 0.411 e. The molecule has 0 atom stereocenters. The number of carbonyl (C=O) groups is 1. The quantitative estimate of drug-likeness (QED) is 0.887. The van der Waals surface area contributed by atoms with E-state index in [0.29, 0.717) is 5.69 Å². The molecule has 1 aromatic heterocycles. The second-order valence-electron chi connectivity index (χ2n) is 4.27. The van der Waals surface area contributed by atoms with E-state index in [1.807, 2.05) is 25.1 Å². The number of aryl methyl sites for hydroxylation is 3. The molecule has 2 N–H and O–H groups in total. The molecule has 0 unspecified atom stereocenters. The van der Waals surface area contributed by atoms with E-state index >= 15 is 0 Å². The van der Waals surface area contributed by atoms with Crippen LogP contribution in [0.3, 0.4) is 0 Å². The van der Waals surface area contributed by atoms with E-state index in [2.05, 4.69) is 32.4 Å². The van der Waals surface area contributed by atoms with Gasteiger partial charge >= 0.3 is 6.09 Å². The Morgan fingerprint density at radius 2 is 2.05 bits per heavy atom. The van der Waals surface area contributed by atoms with Gasteiger partial charge in [-0.1, -0.05) is 30.3 Å². The number of ether oxygens (including phenoxy) is 1. The molecule has 19 heavy (non-hydrogen) atoms. The number of hydrogen-bond donors (Lipinski definition) is 2. The van der Waals surface area contributed by atoms with Crippen LogP contribution < -0.4 is 5.32 Å². The third kappa shape index (κ3) is 3.34. The Morgan fingerprint density at radius 1 is 1.32 bits per heavy atom. The summed E-state index contributed by atoms with van der Waals surface area (Å²) in [6.07, 6.45) is 1.15. The number of benzene rings is 1. The first-order valence-corrected chi connectivity index (χ1v) is 6.13. The van der Waals surface area contributed by atoms with Crippen molar-refractivity contribution in [1.29, 1.82) is 0 Å². The molecule has 0 radical (unpaired) electrons. The highest BCUT2D eigenvalue weighted by Gasteiger charge is 2.13. The van der Waals surface area contributed by atoms with Gasteiger partial charge in [0.1, 0.15) is 0 Å². The zero-order valence-electron chi connectivity index (χ0n) is 11.1. The van der Waals surface area contributed by atoms with Gasteiger partial charge in [0.2, 0.25) is 0 Å². The van der Waals surface area contributed by atoms with Crippen LogP contribution in [0.2, 0.25) is 0 Å². The molecule has 0 aliphatic heterocycles. The molecule has 2 aromatic rings. The molecule has 2 rings (SSSR count). The van der Waals surface area contributed by atoms with Crippen LogP contribution in [-0.2, 0) is 17.6 Å². The summed E-state index contributed by atoms with van der Waals surface area (Å²) in [6, 6.07) is 10.2. The number of anilines is 1.